The van der Waals surface area contributed by atoms with Crippen molar-refractivity contribution in [1.29, 1.82) is 0 Å². The topological polar surface area (TPSA) is 65.1 Å². The Kier molecular flexibility index (Phi) is 7.89. The van der Waals surface area contributed by atoms with Gasteiger partial charge < -0.3 is 14.2 Å². The summed E-state index contributed by atoms with van der Waals surface area (Å²) in [5.74, 6) is 3.63. The highest BCUT2D eigenvalue weighted by molar-refractivity contribution is 9.10. The first-order valence-electron chi connectivity index (χ1n) is 9.73. The quantitative estimate of drug-likeness (QED) is 0.355. The summed E-state index contributed by atoms with van der Waals surface area (Å²) in [6.45, 7) is 4.32. The molecule has 1 fully saturated rings. The second kappa shape index (κ2) is 10.6. The third-order valence-electron chi connectivity index (χ3n) is 4.64. The molecular weight excluding hydrogens is 494 g/mol. The lowest BCUT2D eigenvalue weighted by molar-refractivity contribution is -0.123. The molecule has 8 heteroatoms. The van der Waals surface area contributed by atoms with E-state index >= 15 is 0 Å². The molecule has 1 saturated heterocycles. The number of aryl methyl sites for hydroxylation is 2. The van der Waals surface area contributed by atoms with Gasteiger partial charge in [-0.15, -0.1) is 6.42 Å². The molecule has 2 amide bonds. The van der Waals surface area contributed by atoms with Crippen LogP contribution in [-0.2, 0) is 4.79 Å². The number of imide groups is 1. The summed E-state index contributed by atoms with van der Waals surface area (Å²) in [5.41, 5.74) is 2.64. The van der Waals surface area contributed by atoms with Crippen LogP contribution < -0.4 is 14.2 Å². The maximum atomic E-state index is 12.9. The average Bonchev–Trinajstić information content (AvgIpc) is 3.02. The molecule has 1 aliphatic heterocycles. The number of carbonyl (C=O) groups excluding carboxylic acids is 2. The molecule has 0 saturated carbocycles. The van der Waals surface area contributed by atoms with Crippen LogP contribution in [0.4, 0.5) is 4.79 Å². The molecule has 2 aromatic rings. The second-order valence-corrected chi connectivity index (χ2v) is 8.88. The fourth-order valence-electron chi connectivity index (χ4n) is 3.06. The highest BCUT2D eigenvalue weighted by atomic mass is 79.9. The van der Waals surface area contributed by atoms with Gasteiger partial charge in [-0.05, 0) is 61.0 Å². The normalized spacial score (nSPS) is 14.6. The fourth-order valence-corrected chi connectivity index (χ4v) is 4.37. The molecule has 0 aliphatic carbocycles. The van der Waals surface area contributed by atoms with E-state index in [-0.39, 0.29) is 35.8 Å². The summed E-state index contributed by atoms with van der Waals surface area (Å²) in [6, 6.07) is 9.41. The summed E-state index contributed by atoms with van der Waals surface area (Å²) in [6.07, 6.45) is 6.92. The molecule has 166 valence electrons. The molecule has 6 nitrogen and oxygen atoms in total. The van der Waals surface area contributed by atoms with Crippen molar-refractivity contribution in [1.82, 2.24) is 4.90 Å². The molecule has 0 N–H and O–H groups in total. The standard InChI is InChI=1S/C24H22BrNO5S/c1-5-9-31-22-17(12-18(25)14-20(22)29-4)13-21-23(27)26(24(28)32-21)8-10-30-19-11-15(2)6-7-16(19)3/h1,6-7,11-14H,8-10H2,2-4H3/b21-13-. The van der Waals surface area contributed by atoms with Crippen LogP contribution in [0.25, 0.3) is 6.08 Å². The van der Waals surface area contributed by atoms with E-state index in [9.17, 15) is 9.59 Å². The van der Waals surface area contributed by atoms with Crippen LogP contribution in [-0.4, -0.2) is 42.9 Å². The Morgan fingerprint density at radius 1 is 1.16 bits per heavy atom. The van der Waals surface area contributed by atoms with Gasteiger partial charge in [-0.2, -0.15) is 0 Å². The second-order valence-electron chi connectivity index (χ2n) is 6.97. The fraction of sp³-hybridized carbons (Fsp3) is 0.250. The zero-order valence-electron chi connectivity index (χ0n) is 17.9. The Morgan fingerprint density at radius 2 is 1.94 bits per heavy atom. The van der Waals surface area contributed by atoms with Crippen molar-refractivity contribution in [2.24, 2.45) is 0 Å². The van der Waals surface area contributed by atoms with Gasteiger partial charge >= 0.3 is 0 Å². The molecule has 1 aliphatic rings. The van der Waals surface area contributed by atoms with Crippen LogP contribution in [0, 0.1) is 26.2 Å². The van der Waals surface area contributed by atoms with Gasteiger partial charge in [0.05, 0.1) is 18.6 Å². The number of hydrogen-bond acceptors (Lipinski definition) is 6. The number of ether oxygens (including phenoxy) is 3. The lowest BCUT2D eigenvalue weighted by Crippen LogP contribution is -2.32. The third-order valence-corrected chi connectivity index (χ3v) is 6.01. The van der Waals surface area contributed by atoms with E-state index in [0.717, 1.165) is 33.1 Å². The number of hydrogen-bond donors (Lipinski definition) is 0. The summed E-state index contributed by atoms with van der Waals surface area (Å²) in [7, 11) is 1.51. The van der Waals surface area contributed by atoms with Crippen LogP contribution in [0.5, 0.6) is 17.2 Å². The predicted octanol–water partition coefficient (Wildman–Crippen LogP) is 5.20. The first-order chi connectivity index (χ1) is 15.3. The molecule has 0 atom stereocenters. The zero-order chi connectivity index (χ0) is 23.3. The van der Waals surface area contributed by atoms with E-state index in [1.54, 1.807) is 18.2 Å². The number of benzene rings is 2. The highest BCUT2D eigenvalue weighted by Gasteiger charge is 2.35. The monoisotopic (exact) mass is 515 g/mol. The Balaban J connectivity index is 1.77. The van der Waals surface area contributed by atoms with Crippen molar-refractivity contribution in [3.05, 3.63) is 56.4 Å². The van der Waals surface area contributed by atoms with Crippen molar-refractivity contribution in [3.8, 4) is 29.6 Å². The summed E-state index contributed by atoms with van der Waals surface area (Å²) < 4.78 is 17.5. The molecule has 0 aromatic heterocycles. The Hall–Kier alpha value is -2.89. The minimum Gasteiger partial charge on any atom is -0.493 e. The number of rotatable bonds is 8. The maximum absolute atomic E-state index is 12.9. The van der Waals surface area contributed by atoms with Gasteiger partial charge in [-0.1, -0.05) is 34.0 Å². The van der Waals surface area contributed by atoms with E-state index in [4.69, 9.17) is 20.6 Å². The maximum Gasteiger partial charge on any atom is 0.293 e. The third kappa shape index (κ3) is 5.47. The van der Waals surface area contributed by atoms with Gasteiger partial charge in [-0.25, -0.2) is 0 Å². The van der Waals surface area contributed by atoms with Crippen molar-refractivity contribution >= 4 is 44.9 Å². The molecular formula is C24H22BrNO5S. The average molecular weight is 516 g/mol. The molecule has 32 heavy (non-hydrogen) atoms. The number of halogens is 1. The van der Waals surface area contributed by atoms with E-state index < -0.39 is 0 Å². The van der Waals surface area contributed by atoms with E-state index in [1.165, 1.54) is 12.0 Å². The minimum absolute atomic E-state index is 0.0377. The molecule has 0 bridgehead atoms. The van der Waals surface area contributed by atoms with E-state index in [2.05, 4.69) is 21.9 Å². The molecule has 0 radical (unpaired) electrons. The first-order valence-corrected chi connectivity index (χ1v) is 11.3. The van der Waals surface area contributed by atoms with Crippen LogP contribution in [0.15, 0.2) is 39.7 Å². The van der Waals surface area contributed by atoms with Crippen molar-refractivity contribution in [2.45, 2.75) is 13.8 Å². The van der Waals surface area contributed by atoms with Crippen molar-refractivity contribution in [3.63, 3.8) is 0 Å². The largest absolute Gasteiger partial charge is 0.493 e. The van der Waals surface area contributed by atoms with Gasteiger partial charge in [0.2, 0.25) is 0 Å². The van der Waals surface area contributed by atoms with Crippen molar-refractivity contribution in [2.75, 3.05) is 26.9 Å². The Bertz CT molecular complexity index is 1120. The lowest BCUT2D eigenvalue weighted by atomic mass is 10.1. The number of methoxy groups -OCH3 is 1. The van der Waals surface area contributed by atoms with Gasteiger partial charge in [0.1, 0.15) is 19.0 Å². The Labute approximate surface area is 200 Å². The molecule has 1 heterocycles. The molecule has 3 rings (SSSR count). The molecule has 0 spiro atoms. The SMILES string of the molecule is C#CCOc1c(/C=C2\SC(=O)N(CCOc3cc(C)ccc3C)C2=O)cc(Br)cc1OC. The summed E-state index contributed by atoms with van der Waals surface area (Å²) >= 11 is 4.29. The predicted molar refractivity (Wildman–Crippen MR) is 129 cm³/mol. The molecule has 0 unspecified atom stereocenters. The number of terminal acetylenes is 1. The number of nitrogens with zero attached hydrogens (tertiary/aromatic N) is 1. The summed E-state index contributed by atoms with van der Waals surface area (Å²) in [4.78, 5) is 26.8. The zero-order valence-corrected chi connectivity index (χ0v) is 20.3. The van der Waals surface area contributed by atoms with E-state index in [1.807, 2.05) is 32.0 Å². The van der Waals surface area contributed by atoms with Crippen molar-refractivity contribution < 1.29 is 23.8 Å². The minimum atomic E-state index is -0.383. The molecule has 2 aromatic carbocycles. The Morgan fingerprint density at radius 3 is 2.66 bits per heavy atom. The van der Waals surface area contributed by atoms with Crippen LogP contribution in [0.2, 0.25) is 0 Å². The van der Waals surface area contributed by atoms with Crippen LogP contribution in [0.3, 0.4) is 0 Å². The van der Waals surface area contributed by atoms with E-state index in [0.29, 0.717) is 17.1 Å². The highest BCUT2D eigenvalue weighted by Crippen LogP contribution is 2.39. The first kappa shape index (κ1) is 23.8. The van der Waals surface area contributed by atoms with Crippen LogP contribution in [0.1, 0.15) is 16.7 Å². The number of thioether (sulfide) groups is 1. The van der Waals surface area contributed by atoms with Gasteiger partial charge in [0.15, 0.2) is 11.5 Å². The van der Waals surface area contributed by atoms with Gasteiger partial charge in [0.25, 0.3) is 11.1 Å². The number of carbonyl (C=O) groups is 2. The number of amides is 2. The van der Waals surface area contributed by atoms with Gasteiger partial charge in [0, 0.05) is 10.0 Å². The van der Waals surface area contributed by atoms with Gasteiger partial charge in [-0.3, -0.25) is 14.5 Å². The lowest BCUT2D eigenvalue weighted by Gasteiger charge is -2.15. The summed E-state index contributed by atoms with van der Waals surface area (Å²) in [5, 5.41) is -0.348. The smallest absolute Gasteiger partial charge is 0.293 e. The van der Waals surface area contributed by atoms with Crippen LogP contribution >= 0.6 is 27.7 Å².